The van der Waals surface area contributed by atoms with Crippen LogP contribution in [0.2, 0.25) is 0 Å². The Morgan fingerprint density at radius 3 is 2.44 bits per heavy atom. The maximum absolute atomic E-state index is 13.0. The third-order valence-corrected chi connectivity index (χ3v) is 6.03. The number of halogens is 3. The molecule has 0 aromatic carbocycles. The van der Waals surface area contributed by atoms with Crippen molar-refractivity contribution in [3.8, 4) is 10.6 Å². The van der Waals surface area contributed by atoms with Gasteiger partial charge in [0.1, 0.15) is 22.7 Å². The second-order valence-corrected chi connectivity index (χ2v) is 8.61. The Kier molecular flexibility index (Phi) is 6.30. The summed E-state index contributed by atoms with van der Waals surface area (Å²) < 4.78 is 41.1. The number of hydrogen-bond donors (Lipinski definition) is 1. The van der Waals surface area contributed by atoms with Crippen LogP contribution in [0.4, 0.5) is 19.0 Å². The van der Waals surface area contributed by atoms with Crippen molar-refractivity contribution >= 4 is 40.0 Å². The zero-order chi connectivity index (χ0) is 26.4. The topological polar surface area (TPSA) is 147 Å². The highest BCUT2D eigenvalue weighted by atomic mass is 32.1. The third kappa shape index (κ3) is 4.53. The van der Waals surface area contributed by atoms with E-state index in [4.69, 9.17) is 0 Å². The van der Waals surface area contributed by atoms with Gasteiger partial charge in [0.15, 0.2) is 11.2 Å². The zero-order valence-electron chi connectivity index (χ0n) is 18.9. The van der Waals surface area contributed by atoms with E-state index in [1.165, 1.54) is 37.2 Å². The van der Waals surface area contributed by atoms with Gasteiger partial charge in [0.25, 0.3) is 5.56 Å². The molecule has 1 amide bonds. The summed E-state index contributed by atoms with van der Waals surface area (Å²) in [6.07, 6.45) is -1.47. The fourth-order valence-electron chi connectivity index (χ4n) is 3.35. The third-order valence-electron chi connectivity index (χ3n) is 5.14. The van der Waals surface area contributed by atoms with Crippen molar-refractivity contribution in [1.82, 2.24) is 33.6 Å². The molecule has 0 radical (unpaired) electrons. The van der Waals surface area contributed by atoms with E-state index in [0.717, 1.165) is 32.9 Å². The van der Waals surface area contributed by atoms with Crippen molar-refractivity contribution in [3.05, 3.63) is 50.8 Å². The van der Waals surface area contributed by atoms with Crippen molar-refractivity contribution in [2.75, 3.05) is 5.32 Å². The van der Waals surface area contributed by atoms with E-state index in [9.17, 15) is 32.3 Å². The first-order chi connectivity index (χ1) is 16.9. The maximum atomic E-state index is 13.0. The second kappa shape index (κ2) is 9.10. The maximum Gasteiger partial charge on any atom is 0.451 e. The van der Waals surface area contributed by atoms with Gasteiger partial charge in [0.2, 0.25) is 11.7 Å². The molecule has 1 atom stereocenters. The van der Waals surface area contributed by atoms with Crippen LogP contribution in [0.3, 0.4) is 0 Å². The molecule has 1 N–H and O–H groups in total. The van der Waals surface area contributed by atoms with Crippen molar-refractivity contribution in [2.45, 2.75) is 32.6 Å². The van der Waals surface area contributed by atoms with Crippen LogP contribution in [0.5, 0.6) is 0 Å². The number of nitrogens with one attached hydrogen (secondary N) is 1. The average Bonchev–Trinajstić information content (AvgIpc) is 3.47. The summed E-state index contributed by atoms with van der Waals surface area (Å²) in [4.78, 5) is 64.7. The number of rotatable bonds is 6. The van der Waals surface area contributed by atoms with Crippen LogP contribution in [-0.4, -0.2) is 45.3 Å². The highest BCUT2D eigenvalue weighted by molar-refractivity contribution is 7.13. The molecule has 0 aliphatic rings. The van der Waals surface area contributed by atoms with E-state index < -0.39 is 47.5 Å². The summed E-state index contributed by atoms with van der Waals surface area (Å²) in [6.45, 7) is 2.30. The number of aromatic nitrogens is 7. The molecule has 12 nitrogen and oxygen atoms in total. The molecule has 4 heterocycles. The van der Waals surface area contributed by atoms with Gasteiger partial charge in [0.05, 0.1) is 12.9 Å². The number of fused-ring (bicyclic) bond motifs is 1. The van der Waals surface area contributed by atoms with Crippen molar-refractivity contribution in [3.63, 3.8) is 0 Å². The van der Waals surface area contributed by atoms with Crippen LogP contribution < -0.4 is 16.6 Å². The lowest BCUT2D eigenvalue weighted by molar-refractivity contribution is -0.145. The van der Waals surface area contributed by atoms with Gasteiger partial charge >= 0.3 is 11.9 Å². The van der Waals surface area contributed by atoms with Gasteiger partial charge < -0.3 is 9.88 Å². The molecule has 36 heavy (non-hydrogen) atoms. The van der Waals surface area contributed by atoms with Gasteiger partial charge in [-0.05, 0) is 13.8 Å². The number of carbonyl (C=O) groups is 2. The Hall–Kier alpha value is -4.21. The highest BCUT2D eigenvalue weighted by Gasteiger charge is 2.34. The number of aryl methyl sites for hydroxylation is 1. The van der Waals surface area contributed by atoms with Crippen LogP contribution in [0.15, 0.2) is 33.7 Å². The molecule has 4 rings (SSSR count). The molecule has 1 unspecified atom stereocenters. The van der Waals surface area contributed by atoms with E-state index >= 15 is 0 Å². The first kappa shape index (κ1) is 24.9. The Balaban J connectivity index is 1.60. The second-order valence-electron chi connectivity index (χ2n) is 7.76. The lowest BCUT2D eigenvalue weighted by atomic mass is 10.3. The number of hydrogen-bond acceptors (Lipinski definition) is 9. The van der Waals surface area contributed by atoms with Crippen LogP contribution in [0, 0.1) is 0 Å². The minimum Gasteiger partial charge on any atom is -0.312 e. The number of ketones is 1. The van der Waals surface area contributed by atoms with E-state index in [-0.39, 0.29) is 27.6 Å². The molecule has 0 saturated heterocycles. The number of amides is 1. The van der Waals surface area contributed by atoms with Gasteiger partial charge in [-0.3, -0.25) is 23.5 Å². The van der Waals surface area contributed by atoms with Gasteiger partial charge in [-0.15, -0.1) is 11.3 Å². The number of nitrogens with zero attached hydrogens (tertiary/aromatic N) is 7. The average molecular weight is 522 g/mol. The van der Waals surface area contributed by atoms with Gasteiger partial charge in [-0.1, -0.05) is 0 Å². The number of anilines is 1. The molecular weight excluding hydrogens is 505 g/mol. The molecule has 4 aromatic rings. The standard InChI is InChI=1S/C20H17F3N8O4S/c1-9(32)6-30-17(34)13-14(29(3)19(30)35)26-8-31(13)10(2)15(33)27-12-7-36-16(28-12)11-4-24-18(25-5-11)20(21,22)23/h4-5,7-8,10H,6H2,1-3H3,(H,27,33). The minimum atomic E-state index is -4.67. The van der Waals surface area contributed by atoms with Crippen LogP contribution in [-0.2, 0) is 29.4 Å². The summed E-state index contributed by atoms with van der Waals surface area (Å²) in [5.41, 5.74) is -1.25. The Bertz CT molecular complexity index is 1600. The summed E-state index contributed by atoms with van der Waals surface area (Å²) in [6, 6.07) is -0.981. The zero-order valence-corrected chi connectivity index (χ0v) is 19.7. The lowest BCUT2D eigenvalue weighted by Crippen LogP contribution is -2.41. The fourth-order valence-corrected chi connectivity index (χ4v) is 4.08. The predicted octanol–water partition coefficient (Wildman–Crippen LogP) is 1.62. The summed E-state index contributed by atoms with van der Waals surface area (Å²) in [7, 11) is 1.39. The number of alkyl halides is 3. The van der Waals surface area contributed by atoms with Gasteiger partial charge in [0, 0.05) is 30.4 Å². The molecule has 0 saturated carbocycles. The molecule has 0 spiro atoms. The normalized spacial score (nSPS) is 12.6. The summed E-state index contributed by atoms with van der Waals surface area (Å²) in [5, 5.41) is 4.33. The lowest BCUT2D eigenvalue weighted by Gasteiger charge is -2.14. The van der Waals surface area contributed by atoms with Crippen molar-refractivity contribution in [2.24, 2.45) is 7.05 Å². The molecule has 4 aromatic heterocycles. The molecule has 0 fully saturated rings. The number of Topliss-reactive ketones (excluding diaryl/α,β-unsaturated/α-hetero) is 1. The van der Waals surface area contributed by atoms with Gasteiger partial charge in [-0.25, -0.2) is 24.7 Å². The largest absolute Gasteiger partial charge is 0.451 e. The number of carbonyl (C=O) groups excluding carboxylic acids is 2. The Labute approximate surface area is 203 Å². The minimum absolute atomic E-state index is 0.0399. The van der Waals surface area contributed by atoms with E-state index in [1.54, 1.807) is 0 Å². The number of imidazole rings is 1. The van der Waals surface area contributed by atoms with Gasteiger partial charge in [-0.2, -0.15) is 13.2 Å². The SMILES string of the molecule is CC(=O)Cn1c(=O)c2c(ncn2C(C)C(=O)Nc2csc(-c3cnc(C(F)(F)F)nc3)n2)n(C)c1=O. The van der Waals surface area contributed by atoms with Crippen LogP contribution >= 0.6 is 11.3 Å². The fraction of sp³-hybridized carbons (Fsp3) is 0.300. The summed E-state index contributed by atoms with van der Waals surface area (Å²) in [5.74, 6) is -2.14. The molecule has 188 valence electrons. The predicted molar refractivity (Wildman–Crippen MR) is 121 cm³/mol. The van der Waals surface area contributed by atoms with Crippen LogP contribution in [0.25, 0.3) is 21.7 Å². The molecule has 0 aliphatic heterocycles. The van der Waals surface area contributed by atoms with E-state index in [2.05, 4.69) is 25.3 Å². The van der Waals surface area contributed by atoms with Crippen LogP contribution in [0.1, 0.15) is 25.7 Å². The molecule has 0 bridgehead atoms. The quantitative estimate of drug-likeness (QED) is 0.402. The molecule has 16 heteroatoms. The van der Waals surface area contributed by atoms with Crippen molar-refractivity contribution in [1.29, 1.82) is 0 Å². The van der Waals surface area contributed by atoms with Crippen molar-refractivity contribution < 1.29 is 22.8 Å². The Morgan fingerprint density at radius 1 is 1.17 bits per heavy atom. The van der Waals surface area contributed by atoms with E-state index in [0.29, 0.717) is 0 Å². The smallest absolute Gasteiger partial charge is 0.312 e. The monoisotopic (exact) mass is 522 g/mol. The number of thiazole rings is 1. The Morgan fingerprint density at radius 2 is 1.83 bits per heavy atom. The highest BCUT2D eigenvalue weighted by Crippen LogP contribution is 2.29. The first-order valence-corrected chi connectivity index (χ1v) is 11.1. The summed E-state index contributed by atoms with van der Waals surface area (Å²) >= 11 is 1.05. The first-order valence-electron chi connectivity index (χ1n) is 10.2. The molecular formula is C20H17F3N8O4S. The molecule has 0 aliphatic carbocycles. The van der Waals surface area contributed by atoms with E-state index in [1.807, 2.05) is 0 Å².